The number of halogens is 1. The maximum atomic E-state index is 4.31. The van der Waals surface area contributed by atoms with Crippen molar-refractivity contribution in [2.24, 2.45) is 4.99 Å². The smallest absolute Gasteiger partial charge is 0.191 e. The molecule has 0 saturated carbocycles. The number of nitrogens with zero attached hydrogens (tertiary/aromatic N) is 3. The Bertz CT molecular complexity index is 616. The zero-order valence-electron chi connectivity index (χ0n) is 15.1. The molecule has 0 radical (unpaired) electrons. The predicted octanol–water partition coefficient (Wildman–Crippen LogP) is 2.54. The molecular formula is C19H28IN5. The van der Waals surface area contributed by atoms with Gasteiger partial charge < -0.3 is 15.5 Å². The molecule has 0 aliphatic carbocycles. The molecule has 25 heavy (non-hydrogen) atoms. The molecule has 1 heterocycles. The Labute approximate surface area is 168 Å². The molecule has 0 fully saturated rings. The van der Waals surface area contributed by atoms with Gasteiger partial charge >= 0.3 is 0 Å². The third-order valence-corrected chi connectivity index (χ3v) is 3.94. The van der Waals surface area contributed by atoms with E-state index in [4.69, 9.17) is 0 Å². The van der Waals surface area contributed by atoms with Crippen molar-refractivity contribution in [1.82, 2.24) is 20.5 Å². The minimum Gasteiger partial charge on any atom is -0.355 e. The van der Waals surface area contributed by atoms with Crippen molar-refractivity contribution in [2.45, 2.75) is 19.0 Å². The molecule has 1 unspecified atom stereocenters. The van der Waals surface area contributed by atoms with Crippen molar-refractivity contribution in [3.63, 3.8) is 0 Å². The molecule has 0 bridgehead atoms. The summed E-state index contributed by atoms with van der Waals surface area (Å²) < 4.78 is 0. The fourth-order valence-corrected chi connectivity index (χ4v) is 2.44. The maximum Gasteiger partial charge on any atom is 0.191 e. The van der Waals surface area contributed by atoms with Crippen LogP contribution in [0.1, 0.15) is 11.3 Å². The van der Waals surface area contributed by atoms with E-state index >= 15 is 0 Å². The van der Waals surface area contributed by atoms with Crippen LogP contribution >= 0.6 is 24.0 Å². The lowest BCUT2D eigenvalue weighted by Gasteiger charge is -2.25. The van der Waals surface area contributed by atoms with Gasteiger partial charge in [-0.05, 0) is 38.2 Å². The van der Waals surface area contributed by atoms with Crippen LogP contribution in [-0.4, -0.2) is 49.6 Å². The van der Waals surface area contributed by atoms with Gasteiger partial charge in [0.05, 0.1) is 12.2 Å². The summed E-state index contributed by atoms with van der Waals surface area (Å²) in [7, 11) is 6.01. The second kappa shape index (κ2) is 11.8. The first kappa shape index (κ1) is 21.4. The van der Waals surface area contributed by atoms with Crippen LogP contribution in [0.4, 0.5) is 0 Å². The molecule has 136 valence electrons. The summed E-state index contributed by atoms with van der Waals surface area (Å²) >= 11 is 0. The van der Waals surface area contributed by atoms with E-state index in [2.05, 4.69) is 69.9 Å². The number of benzene rings is 1. The van der Waals surface area contributed by atoms with Gasteiger partial charge in [-0.3, -0.25) is 9.98 Å². The van der Waals surface area contributed by atoms with Crippen molar-refractivity contribution >= 4 is 29.9 Å². The van der Waals surface area contributed by atoms with Crippen LogP contribution in [0.2, 0.25) is 0 Å². The largest absolute Gasteiger partial charge is 0.355 e. The fourth-order valence-electron chi connectivity index (χ4n) is 2.44. The van der Waals surface area contributed by atoms with E-state index in [-0.39, 0.29) is 24.0 Å². The van der Waals surface area contributed by atoms with E-state index in [9.17, 15) is 0 Å². The van der Waals surface area contributed by atoms with Crippen molar-refractivity contribution in [3.8, 4) is 0 Å². The average molecular weight is 453 g/mol. The van der Waals surface area contributed by atoms with Crippen LogP contribution in [0.25, 0.3) is 0 Å². The lowest BCUT2D eigenvalue weighted by atomic mass is 10.1. The molecule has 0 aliphatic rings. The molecule has 2 rings (SSSR count). The number of likely N-dealkylation sites (N-methyl/N-ethyl adjacent to an activating group) is 1. The molecule has 5 nitrogen and oxygen atoms in total. The molecule has 1 aromatic carbocycles. The summed E-state index contributed by atoms with van der Waals surface area (Å²) in [5.41, 5.74) is 2.34. The lowest BCUT2D eigenvalue weighted by Crippen LogP contribution is -2.45. The Morgan fingerprint density at radius 2 is 1.80 bits per heavy atom. The molecule has 6 heteroatoms. The molecule has 1 atom stereocenters. The number of hydrogen-bond acceptors (Lipinski definition) is 3. The summed E-state index contributed by atoms with van der Waals surface area (Å²) in [4.78, 5) is 10.8. The summed E-state index contributed by atoms with van der Waals surface area (Å²) in [5, 5.41) is 6.71. The molecule has 0 amide bonds. The molecule has 0 saturated heterocycles. The topological polar surface area (TPSA) is 52.6 Å². The predicted molar refractivity (Wildman–Crippen MR) is 115 cm³/mol. The number of aliphatic imine (C=N–C) groups is 1. The highest BCUT2D eigenvalue weighted by molar-refractivity contribution is 14.0. The SMILES string of the molecule is CN=C(NCc1ccccn1)NCC(Cc1ccccc1)N(C)C.I. The number of pyridine rings is 1. The van der Waals surface area contributed by atoms with Gasteiger partial charge in [0.15, 0.2) is 5.96 Å². The van der Waals surface area contributed by atoms with Crippen molar-refractivity contribution in [3.05, 3.63) is 66.0 Å². The van der Waals surface area contributed by atoms with Crippen LogP contribution in [-0.2, 0) is 13.0 Å². The summed E-state index contributed by atoms with van der Waals surface area (Å²) in [6, 6.07) is 16.9. The van der Waals surface area contributed by atoms with Crippen LogP contribution in [0.5, 0.6) is 0 Å². The highest BCUT2D eigenvalue weighted by Crippen LogP contribution is 2.06. The number of aromatic nitrogens is 1. The van der Waals surface area contributed by atoms with E-state index in [0.717, 1.165) is 24.6 Å². The monoisotopic (exact) mass is 453 g/mol. The molecule has 2 N–H and O–H groups in total. The minimum absolute atomic E-state index is 0. The molecular weight excluding hydrogens is 425 g/mol. The van der Waals surface area contributed by atoms with E-state index < -0.39 is 0 Å². The zero-order chi connectivity index (χ0) is 17.2. The van der Waals surface area contributed by atoms with Crippen molar-refractivity contribution < 1.29 is 0 Å². The second-order valence-electron chi connectivity index (χ2n) is 5.93. The molecule has 0 aliphatic heterocycles. The standard InChI is InChI=1S/C19H27N5.HI/c1-20-19(22-14-17-11-7-8-12-21-17)23-15-18(24(2)3)13-16-9-5-4-6-10-16;/h4-12,18H,13-15H2,1-3H3,(H2,20,22,23);1H. The number of rotatable bonds is 7. The summed E-state index contributed by atoms with van der Waals surface area (Å²) in [5.74, 6) is 0.792. The molecule has 0 spiro atoms. The van der Waals surface area contributed by atoms with Gasteiger partial charge in [0.2, 0.25) is 0 Å². The third-order valence-electron chi connectivity index (χ3n) is 3.94. The van der Waals surface area contributed by atoms with Crippen molar-refractivity contribution in [2.75, 3.05) is 27.7 Å². The van der Waals surface area contributed by atoms with Gasteiger partial charge in [0.25, 0.3) is 0 Å². The van der Waals surface area contributed by atoms with Gasteiger partial charge in [-0.15, -0.1) is 24.0 Å². The fraction of sp³-hybridized carbons (Fsp3) is 0.368. The Morgan fingerprint density at radius 1 is 1.08 bits per heavy atom. The van der Waals surface area contributed by atoms with Crippen LogP contribution < -0.4 is 10.6 Å². The normalized spacial score (nSPS) is 12.4. The first-order valence-corrected chi connectivity index (χ1v) is 8.24. The zero-order valence-corrected chi connectivity index (χ0v) is 17.5. The van der Waals surface area contributed by atoms with Crippen LogP contribution in [0.3, 0.4) is 0 Å². The second-order valence-corrected chi connectivity index (χ2v) is 5.93. The number of nitrogens with one attached hydrogen (secondary N) is 2. The van der Waals surface area contributed by atoms with Gasteiger partial charge in [-0.1, -0.05) is 36.4 Å². The quantitative estimate of drug-likeness (QED) is 0.385. The lowest BCUT2D eigenvalue weighted by molar-refractivity contribution is 0.290. The molecule has 1 aromatic heterocycles. The molecule has 2 aromatic rings. The van der Waals surface area contributed by atoms with Crippen LogP contribution in [0, 0.1) is 0 Å². The Hall–Kier alpha value is -1.67. The van der Waals surface area contributed by atoms with E-state index in [1.54, 1.807) is 13.2 Å². The number of hydrogen-bond donors (Lipinski definition) is 2. The average Bonchev–Trinajstić information content (AvgIpc) is 2.62. The van der Waals surface area contributed by atoms with E-state index in [1.165, 1.54) is 5.56 Å². The van der Waals surface area contributed by atoms with Crippen LogP contribution in [0.15, 0.2) is 59.7 Å². The first-order chi connectivity index (χ1) is 11.7. The van der Waals surface area contributed by atoms with Gasteiger partial charge in [0.1, 0.15) is 0 Å². The highest BCUT2D eigenvalue weighted by Gasteiger charge is 2.13. The Morgan fingerprint density at radius 3 is 2.40 bits per heavy atom. The Balaban J connectivity index is 0.00000312. The summed E-state index contributed by atoms with van der Waals surface area (Å²) in [6.07, 6.45) is 2.80. The third kappa shape index (κ3) is 7.83. The van der Waals surface area contributed by atoms with Gasteiger partial charge in [-0.25, -0.2) is 0 Å². The van der Waals surface area contributed by atoms with E-state index in [1.807, 2.05) is 18.2 Å². The Kier molecular flexibility index (Phi) is 10.1. The van der Waals surface area contributed by atoms with Gasteiger partial charge in [0, 0.05) is 25.8 Å². The maximum absolute atomic E-state index is 4.31. The number of guanidine groups is 1. The first-order valence-electron chi connectivity index (χ1n) is 8.24. The minimum atomic E-state index is 0. The van der Waals surface area contributed by atoms with Crippen molar-refractivity contribution in [1.29, 1.82) is 0 Å². The summed E-state index contributed by atoms with van der Waals surface area (Å²) in [6.45, 7) is 1.48. The van der Waals surface area contributed by atoms with Gasteiger partial charge in [-0.2, -0.15) is 0 Å². The highest BCUT2D eigenvalue weighted by atomic mass is 127. The van der Waals surface area contributed by atoms with E-state index in [0.29, 0.717) is 12.6 Å².